The van der Waals surface area contributed by atoms with Crippen LogP contribution in [0, 0.1) is 5.92 Å². The summed E-state index contributed by atoms with van der Waals surface area (Å²) in [6.45, 7) is 10.1. The first-order valence-corrected chi connectivity index (χ1v) is 8.98. The highest BCUT2D eigenvalue weighted by atomic mass is 16.5. The monoisotopic (exact) mass is 348 g/mol. The predicted molar refractivity (Wildman–Crippen MR) is 103 cm³/mol. The number of amides is 1. The second-order valence-corrected chi connectivity index (χ2v) is 6.44. The van der Waals surface area contributed by atoms with Crippen LogP contribution < -0.4 is 21.1 Å². The summed E-state index contributed by atoms with van der Waals surface area (Å²) in [5.41, 5.74) is 6.81. The zero-order chi connectivity index (χ0) is 18.7. The lowest BCUT2D eigenvalue weighted by molar-refractivity contribution is -0.121. The fourth-order valence-corrected chi connectivity index (χ4v) is 2.22. The number of guanidine groups is 1. The van der Waals surface area contributed by atoms with Crippen LogP contribution in [0.2, 0.25) is 0 Å². The maximum Gasteiger partial charge on any atom is 0.220 e. The second-order valence-electron chi connectivity index (χ2n) is 6.44. The Hall–Kier alpha value is -2.24. The molecule has 0 fully saturated rings. The highest BCUT2D eigenvalue weighted by molar-refractivity contribution is 5.78. The van der Waals surface area contributed by atoms with Crippen molar-refractivity contribution in [3.05, 3.63) is 29.8 Å². The van der Waals surface area contributed by atoms with Crippen molar-refractivity contribution in [1.29, 1.82) is 0 Å². The smallest absolute Gasteiger partial charge is 0.220 e. The first-order chi connectivity index (χ1) is 11.9. The molecule has 1 aromatic carbocycles. The van der Waals surface area contributed by atoms with E-state index >= 15 is 0 Å². The molecule has 0 saturated heterocycles. The summed E-state index contributed by atoms with van der Waals surface area (Å²) in [6.07, 6.45) is 1.16. The Morgan fingerprint density at radius 3 is 2.52 bits per heavy atom. The number of aliphatic imine (C=N–C) groups is 1. The van der Waals surface area contributed by atoms with Gasteiger partial charge in [0.25, 0.3) is 0 Å². The summed E-state index contributed by atoms with van der Waals surface area (Å²) in [5, 5.41) is 6.04. The van der Waals surface area contributed by atoms with Crippen molar-refractivity contribution in [2.24, 2.45) is 16.6 Å². The van der Waals surface area contributed by atoms with Gasteiger partial charge in [0.05, 0.1) is 12.6 Å². The quantitative estimate of drug-likeness (QED) is 0.344. The van der Waals surface area contributed by atoms with Crippen molar-refractivity contribution >= 4 is 11.9 Å². The molecule has 0 saturated carbocycles. The van der Waals surface area contributed by atoms with Gasteiger partial charge in [-0.05, 0) is 43.9 Å². The molecule has 1 aromatic rings. The van der Waals surface area contributed by atoms with Crippen LogP contribution in [0.25, 0.3) is 0 Å². The SMILES string of the molecule is CCOc1ccc(C(C)NC(=O)CCCNC(N)=NCC(C)C)cc1. The zero-order valence-corrected chi connectivity index (χ0v) is 15.8. The molecule has 6 heteroatoms. The van der Waals surface area contributed by atoms with Gasteiger partial charge in [-0.15, -0.1) is 0 Å². The second kappa shape index (κ2) is 11.3. The molecular weight excluding hydrogens is 316 g/mol. The van der Waals surface area contributed by atoms with Crippen LogP contribution in [0.4, 0.5) is 0 Å². The first-order valence-electron chi connectivity index (χ1n) is 8.98. The number of benzene rings is 1. The van der Waals surface area contributed by atoms with Gasteiger partial charge in [0.2, 0.25) is 5.91 Å². The molecule has 140 valence electrons. The Morgan fingerprint density at radius 2 is 1.92 bits per heavy atom. The molecule has 0 radical (unpaired) electrons. The Morgan fingerprint density at radius 1 is 1.24 bits per heavy atom. The number of hydrogen-bond acceptors (Lipinski definition) is 3. The van der Waals surface area contributed by atoms with Crippen LogP contribution in [0.3, 0.4) is 0 Å². The molecule has 0 aliphatic carbocycles. The number of ether oxygens (including phenoxy) is 1. The largest absolute Gasteiger partial charge is 0.494 e. The van der Waals surface area contributed by atoms with Crippen LogP contribution in [0.5, 0.6) is 5.75 Å². The molecule has 0 aliphatic heterocycles. The maximum absolute atomic E-state index is 12.0. The average molecular weight is 348 g/mol. The highest BCUT2D eigenvalue weighted by Crippen LogP contribution is 2.17. The van der Waals surface area contributed by atoms with Gasteiger partial charge in [0, 0.05) is 19.5 Å². The van der Waals surface area contributed by atoms with E-state index in [0.717, 1.165) is 11.3 Å². The molecule has 6 nitrogen and oxygen atoms in total. The van der Waals surface area contributed by atoms with Crippen molar-refractivity contribution in [3.8, 4) is 5.75 Å². The summed E-state index contributed by atoms with van der Waals surface area (Å²) >= 11 is 0. The lowest BCUT2D eigenvalue weighted by atomic mass is 10.1. The van der Waals surface area contributed by atoms with Crippen molar-refractivity contribution in [2.45, 2.75) is 46.6 Å². The molecular formula is C19H32N4O2. The third kappa shape index (κ3) is 8.98. The summed E-state index contributed by atoms with van der Waals surface area (Å²) in [6, 6.07) is 7.76. The van der Waals surface area contributed by atoms with Gasteiger partial charge in [-0.1, -0.05) is 26.0 Å². The molecule has 1 amide bonds. The fraction of sp³-hybridized carbons (Fsp3) is 0.579. The van der Waals surface area contributed by atoms with Gasteiger partial charge in [0.1, 0.15) is 5.75 Å². The Labute approximate surface area is 151 Å². The van der Waals surface area contributed by atoms with Crippen LogP contribution in [-0.4, -0.2) is 31.6 Å². The van der Waals surface area contributed by atoms with Crippen molar-refractivity contribution in [3.63, 3.8) is 0 Å². The molecule has 1 atom stereocenters. The maximum atomic E-state index is 12.0. The van der Waals surface area contributed by atoms with Crippen molar-refractivity contribution in [1.82, 2.24) is 10.6 Å². The van der Waals surface area contributed by atoms with Crippen molar-refractivity contribution in [2.75, 3.05) is 19.7 Å². The van der Waals surface area contributed by atoms with E-state index in [1.807, 2.05) is 38.1 Å². The molecule has 25 heavy (non-hydrogen) atoms. The minimum atomic E-state index is -0.0335. The standard InChI is InChI=1S/C19H32N4O2/c1-5-25-17-10-8-16(9-11-17)15(4)23-18(24)7-6-12-21-19(20)22-13-14(2)3/h8-11,14-15H,5-7,12-13H2,1-4H3,(H,23,24)(H3,20,21,22). The van der Waals surface area contributed by atoms with E-state index in [9.17, 15) is 4.79 Å². The van der Waals surface area contributed by atoms with Gasteiger partial charge in [0.15, 0.2) is 5.96 Å². The lowest BCUT2D eigenvalue weighted by Gasteiger charge is -2.15. The van der Waals surface area contributed by atoms with E-state index in [1.165, 1.54) is 0 Å². The van der Waals surface area contributed by atoms with Crippen LogP contribution >= 0.6 is 0 Å². The molecule has 0 heterocycles. The van der Waals surface area contributed by atoms with Gasteiger partial charge in [-0.25, -0.2) is 0 Å². The van der Waals surface area contributed by atoms with E-state index in [-0.39, 0.29) is 11.9 Å². The number of hydrogen-bond donors (Lipinski definition) is 3. The summed E-state index contributed by atoms with van der Waals surface area (Å²) in [4.78, 5) is 16.3. The number of nitrogens with two attached hydrogens (primary N) is 1. The van der Waals surface area contributed by atoms with E-state index in [0.29, 0.717) is 44.4 Å². The summed E-state index contributed by atoms with van der Waals surface area (Å²) in [7, 11) is 0. The Balaban J connectivity index is 2.28. The van der Waals surface area contributed by atoms with Crippen molar-refractivity contribution < 1.29 is 9.53 Å². The van der Waals surface area contributed by atoms with E-state index in [4.69, 9.17) is 10.5 Å². The highest BCUT2D eigenvalue weighted by Gasteiger charge is 2.09. The minimum Gasteiger partial charge on any atom is -0.494 e. The lowest BCUT2D eigenvalue weighted by Crippen LogP contribution is -2.34. The van der Waals surface area contributed by atoms with E-state index in [2.05, 4.69) is 29.5 Å². The molecule has 1 rings (SSSR count). The molecule has 4 N–H and O–H groups in total. The Kier molecular flexibility index (Phi) is 9.43. The van der Waals surface area contributed by atoms with E-state index < -0.39 is 0 Å². The number of carbonyl (C=O) groups excluding carboxylic acids is 1. The van der Waals surface area contributed by atoms with Gasteiger partial charge in [-0.3, -0.25) is 9.79 Å². The fourth-order valence-electron chi connectivity index (χ4n) is 2.22. The van der Waals surface area contributed by atoms with Gasteiger partial charge >= 0.3 is 0 Å². The number of carbonyl (C=O) groups is 1. The topological polar surface area (TPSA) is 88.7 Å². The molecule has 0 aromatic heterocycles. The molecule has 1 unspecified atom stereocenters. The number of rotatable bonds is 10. The number of nitrogens with zero attached hydrogens (tertiary/aromatic N) is 1. The van der Waals surface area contributed by atoms with Crippen LogP contribution in [-0.2, 0) is 4.79 Å². The molecule has 0 bridgehead atoms. The zero-order valence-electron chi connectivity index (χ0n) is 15.8. The van der Waals surface area contributed by atoms with Gasteiger partial charge < -0.3 is 21.1 Å². The minimum absolute atomic E-state index is 0.0286. The third-order valence-electron chi connectivity index (χ3n) is 3.58. The van der Waals surface area contributed by atoms with Crippen LogP contribution in [0.15, 0.2) is 29.3 Å². The normalized spacial score (nSPS) is 12.8. The first kappa shape index (κ1) is 20.8. The third-order valence-corrected chi connectivity index (χ3v) is 3.58. The molecule has 0 spiro atoms. The molecule has 0 aliphatic rings. The average Bonchev–Trinajstić information content (AvgIpc) is 2.57. The van der Waals surface area contributed by atoms with Crippen LogP contribution in [0.1, 0.15) is 52.1 Å². The predicted octanol–water partition coefficient (Wildman–Crippen LogP) is 2.60. The number of nitrogens with one attached hydrogen (secondary N) is 2. The summed E-state index contributed by atoms with van der Waals surface area (Å²) in [5.74, 6) is 1.79. The summed E-state index contributed by atoms with van der Waals surface area (Å²) < 4.78 is 5.42. The van der Waals surface area contributed by atoms with E-state index in [1.54, 1.807) is 0 Å². The van der Waals surface area contributed by atoms with Gasteiger partial charge in [-0.2, -0.15) is 0 Å². The Bertz CT molecular complexity index is 541.